The first kappa shape index (κ1) is 9.68. The van der Waals surface area contributed by atoms with Crippen molar-refractivity contribution in [2.75, 3.05) is 0 Å². The van der Waals surface area contributed by atoms with Crippen molar-refractivity contribution in [3.8, 4) is 0 Å². The fourth-order valence-electron chi connectivity index (χ4n) is 1.02. The molecule has 72 valence electrons. The average molecular weight is 222 g/mol. The molecular weight excluding hydrogens is 212 g/mol. The van der Waals surface area contributed by atoms with Crippen LogP contribution in [0.4, 0.5) is 0 Å². The Labute approximate surface area is 91.4 Å². The van der Waals surface area contributed by atoms with Crippen LogP contribution in [0.15, 0.2) is 34.1 Å². The van der Waals surface area contributed by atoms with E-state index in [0.29, 0.717) is 0 Å². The van der Waals surface area contributed by atoms with Gasteiger partial charge in [-0.15, -0.1) is 11.3 Å². The van der Waals surface area contributed by atoms with Crippen LogP contribution in [-0.2, 0) is 5.75 Å². The Bertz CT molecular complexity index is 398. The molecule has 0 aliphatic carbocycles. The molecule has 0 unspecified atom stereocenters. The lowest BCUT2D eigenvalue weighted by Crippen LogP contribution is -1.83. The molecule has 0 fully saturated rings. The number of thioether (sulfide) groups is 1. The molecule has 0 aliphatic heterocycles. The molecule has 2 aromatic rings. The van der Waals surface area contributed by atoms with Crippen molar-refractivity contribution in [3.63, 3.8) is 0 Å². The van der Waals surface area contributed by atoms with Gasteiger partial charge in [-0.2, -0.15) is 0 Å². The van der Waals surface area contributed by atoms with E-state index < -0.39 is 0 Å². The third kappa shape index (κ3) is 2.56. The predicted molar refractivity (Wildman–Crippen MR) is 60.6 cm³/mol. The fourth-order valence-corrected chi connectivity index (χ4v) is 2.78. The summed E-state index contributed by atoms with van der Waals surface area (Å²) in [4.78, 5) is 8.64. The minimum Gasteiger partial charge on any atom is -0.260 e. The molecule has 0 atom stereocenters. The molecule has 0 spiro atoms. The van der Waals surface area contributed by atoms with E-state index in [2.05, 4.69) is 15.3 Å². The summed E-state index contributed by atoms with van der Waals surface area (Å²) in [5.41, 5.74) is 2.20. The molecule has 2 aromatic heterocycles. The Morgan fingerprint density at radius 2 is 2.36 bits per heavy atom. The summed E-state index contributed by atoms with van der Waals surface area (Å²) < 4.78 is 1.12. The first-order valence-corrected chi connectivity index (χ1v) is 6.16. The van der Waals surface area contributed by atoms with Crippen LogP contribution in [0.2, 0.25) is 0 Å². The molecule has 0 saturated carbocycles. The van der Waals surface area contributed by atoms with E-state index in [1.807, 2.05) is 31.3 Å². The Balaban J connectivity index is 1.95. The van der Waals surface area contributed by atoms with E-state index in [1.54, 1.807) is 23.1 Å². The lowest BCUT2D eigenvalue weighted by molar-refractivity contribution is 1.14. The molecule has 4 heteroatoms. The molecule has 0 aromatic carbocycles. The summed E-state index contributed by atoms with van der Waals surface area (Å²) in [6.45, 7) is 2.02. The van der Waals surface area contributed by atoms with Crippen LogP contribution in [-0.4, -0.2) is 9.97 Å². The van der Waals surface area contributed by atoms with Gasteiger partial charge in [0.2, 0.25) is 0 Å². The molecule has 0 saturated heterocycles. The second-order valence-corrected chi connectivity index (χ2v) is 4.95. The van der Waals surface area contributed by atoms with E-state index >= 15 is 0 Å². The Morgan fingerprint density at radius 3 is 3.00 bits per heavy atom. The largest absolute Gasteiger partial charge is 0.260 e. The van der Waals surface area contributed by atoms with Crippen LogP contribution in [0.1, 0.15) is 11.4 Å². The fraction of sp³-hybridized carbons (Fsp3) is 0.200. The van der Waals surface area contributed by atoms with Gasteiger partial charge in [0.1, 0.15) is 4.34 Å². The molecule has 14 heavy (non-hydrogen) atoms. The normalized spacial score (nSPS) is 10.4. The third-order valence-electron chi connectivity index (χ3n) is 1.67. The zero-order valence-electron chi connectivity index (χ0n) is 7.80. The molecule has 0 N–H and O–H groups in total. The quantitative estimate of drug-likeness (QED) is 0.746. The van der Waals surface area contributed by atoms with Crippen molar-refractivity contribution in [2.24, 2.45) is 0 Å². The first-order chi connectivity index (χ1) is 6.84. The van der Waals surface area contributed by atoms with Gasteiger partial charge in [-0.05, 0) is 19.1 Å². The number of pyridine rings is 1. The maximum atomic E-state index is 4.38. The van der Waals surface area contributed by atoms with Gasteiger partial charge in [0, 0.05) is 23.0 Å². The second kappa shape index (κ2) is 4.57. The van der Waals surface area contributed by atoms with Crippen LogP contribution >= 0.6 is 23.1 Å². The molecule has 2 nitrogen and oxygen atoms in total. The first-order valence-electron chi connectivity index (χ1n) is 4.29. The van der Waals surface area contributed by atoms with Crippen LogP contribution in [0, 0.1) is 6.92 Å². The summed E-state index contributed by atoms with van der Waals surface area (Å²) in [7, 11) is 0. The maximum absolute atomic E-state index is 4.38. The van der Waals surface area contributed by atoms with Crippen molar-refractivity contribution in [1.82, 2.24) is 9.97 Å². The summed E-state index contributed by atoms with van der Waals surface area (Å²) in [6, 6.07) is 5.98. The monoisotopic (exact) mass is 222 g/mol. The SMILES string of the molecule is Cc1csc(SCc2ccccn2)n1. The minimum absolute atomic E-state index is 0.897. The van der Waals surface area contributed by atoms with Crippen molar-refractivity contribution in [3.05, 3.63) is 41.2 Å². The maximum Gasteiger partial charge on any atom is 0.150 e. The molecule has 0 amide bonds. The van der Waals surface area contributed by atoms with Crippen LogP contribution in [0.5, 0.6) is 0 Å². The number of hydrogen-bond acceptors (Lipinski definition) is 4. The highest BCUT2D eigenvalue weighted by Crippen LogP contribution is 2.24. The van der Waals surface area contributed by atoms with Crippen molar-refractivity contribution in [1.29, 1.82) is 0 Å². The van der Waals surface area contributed by atoms with Gasteiger partial charge in [0.15, 0.2) is 0 Å². The predicted octanol–water partition coefficient (Wildman–Crippen LogP) is 3.14. The zero-order chi connectivity index (χ0) is 9.80. The van der Waals surface area contributed by atoms with Gasteiger partial charge in [-0.1, -0.05) is 17.8 Å². The number of nitrogens with zero attached hydrogens (tertiary/aromatic N) is 2. The van der Waals surface area contributed by atoms with E-state index in [0.717, 1.165) is 21.5 Å². The Morgan fingerprint density at radius 1 is 1.43 bits per heavy atom. The molecule has 2 rings (SSSR count). The smallest absolute Gasteiger partial charge is 0.150 e. The van der Waals surface area contributed by atoms with Gasteiger partial charge in [-0.25, -0.2) is 4.98 Å². The number of aryl methyl sites for hydroxylation is 1. The number of rotatable bonds is 3. The minimum atomic E-state index is 0.897. The van der Waals surface area contributed by atoms with Crippen molar-refractivity contribution in [2.45, 2.75) is 17.0 Å². The standard InChI is InChI=1S/C10H10N2S2/c1-8-6-13-10(12-8)14-7-9-4-2-3-5-11-9/h2-6H,7H2,1H3. The lowest BCUT2D eigenvalue weighted by atomic mass is 10.4. The summed E-state index contributed by atoms with van der Waals surface area (Å²) >= 11 is 3.43. The zero-order valence-corrected chi connectivity index (χ0v) is 9.44. The number of hydrogen-bond donors (Lipinski definition) is 0. The van der Waals surface area contributed by atoms with Crippen LogP contribution < -0.4 is 0 Å². The highest BCUT2D eigenvalue weighted by atomic mass is 32.2. The Hall–Kier alpha value is -0.870. The van der Waals surface area contributed by atoms with Gasteiger partial charge < -0.3 is 0 Å². The number of thiazole rings is 1. The van der Waals surface area contributed by atoms with Gasteiger partial charge in [0.25, 0.3) is 0 Å². The molecule has 0 radical (unpaired) electrons. The van der Waals surface area contributed by atoms with Crippen molar-refractivity contribution >= 4 is 23.1 Å². The van der Waals surface area contributed by atoms with Gasteiger partial charge in [-0.3, -0.25) is 4.98 Å². The highest BCUT2D eigenvalue weighted by molar-refractivity contribution is 8.00. The molecule has 0 aliphatic rings. The highest BCUT2D eigenvalue weighted by Gasteiger charge is 2.00. The molecule has 2 heterocycles. The van der Waals surface area contributed by atoms with E-state index in [4.69, 9.17) is 0 Å². The summed E-state index contributed by atoms with van der Waals surface area (Å²) in [5.74, 6) is 0.897. The summed E-state index contributed by atoms with van der Waals surface area (Å²) in [5, 5.41) is 2.07. The lowest BCUT2D eigenvalue weighted by Gasteiger charge is -1.96. The van der Waals surface area contributed by atoms with Crippen LogP contribution in [0.25, 0.3) is 0 Å². The van der Waals surface area contributed by atoms with E-state index in [9.17, 15) is 0 Å². The number of aromatic nitrogens is 2. The topological polar surface area (TPSA) is 25.8 Å². The molecular formula is C10H10N2S2. The van der Waals surface area contributed by atoms with E-state index in [-0.39, 0.29) is 0 Å². The van der Waals surface area contributed by atoms with Gasteiger partial charge in [0.05, 0.1) is 5.69 Å². The van der Waals surface area contributed by atoms with E-state index in [1.165, 1.54) is 0 Å². The second-order valence-electron chi connectivity index (χ2n) is 2.86. The Kier molecular flexibility index (Phi) is 3.16. The van der Waals surface area contributed by atoms with Crippen LogP contribution in [0.3, 0.4) is 0 Å². The average Bonchev–Trinajstić information content (AvgIpc) is 2.63. The third-order valence-corrected chi connectivity index (χ3v) is 3.84. The van der Waals surface area contributed by atoms with Gasteiger partial charge >= 0.3 is 0 Å². The molecule has 0 bridgehead atoms. The summed E-state index contributed by atoms with van der Waals surface area (Å²) in [6.07, 6.45) is 1.82. The van der Waals surface area contributed by atoms with Crippen molar-refractivity contribution < 1.29 is 0 Å².